The van der Waals surface area contributed by atoms with E-state index in [0.29, 0.717) is 6.29 Å². The van der Waals surface area contributed by atoms with Crippen LogP contribution in [0, 0.1) is 0 Å². The van der Waals surface area contributed by atoms with E-state index in [0.717, 1.165) is 0 Å². The number of nitrogens with zero attached hydrogens (tertiary/aromatic N) is 3. The summed E-state index contributed by atoms with van der Waals surface area (Å²) in [6.07, 6.45) is 3.47. The molecule has 0 aliphatic carbocycles. The largest absolute Gasteiger partial charge is 0.299 e. The van der Waals surface area contributed by atoms with Crippen molar-refractivity contribution >= 4 is 6.29 Å². The van der Waals surface area contributed by atoms with E-state index in [4.69, 9.17) is 5.53 Å². The lowest BCUT2D eigenvalue weighted by molar-refractivity contribution is -0.104. The standard InChI is InChI=1S/C5H7N3O/c1-5(7-8-6)3-2-4-9/h2-5H,1H3/b3-2+. The van der Waals surface area contributed by atoms with E-state index in [-0.39, 0.29) is 6.04 Å². The number of allylic oxidation sites excluding steroid dienone is 1. The van der Waals surface area contributed by atoms with Crippen LogP contribution in [0.15, 0.2) is 17.3 Å². The molecule has 0 heterocycles. The predicted octanol–water partition coefficient (Wildman–Crippen LogP) is 1.44. The van der Waals surface area contributed by atoms with Crippen molar-refractivity contribution in [2.24, 2.45) is 5.11 Å². The van der Waals surface area contributed by atoms with Gasteiger partial charge in [0, 0.05) is 4.91 Å². The summed E-state index contributed by atoms with van der Waals surface area (Å²) in [6.45, 7) is 1.69. The van der Waals surface area contributed by atoms with Crippen LogP contribution >= 0.6 is 0 Å². The SMILES string of the molecule is CC(/C=C/C=O)N=[N+]=[N-]. The van der Waals surface area contributed by atoms with Crippen LogP contribution in [0.25, 0.3) is 10.4 Å². The molecule has 0 aromatic rings. The van der Waals surface area contributed by atoms with Crippen molar-refractivity contribution in [3.8, 4) is 0 Å². The monoisotopic (exact) mass is 125 g/mol. The van der Waals surface area contributed by atoms with Gasteiger partial charge < -0.3 is 0 Å². The average Bonchev–Trinajstić information content (AvgIpc) is 1.85. The molecule has 9 heavy (non-hydrogen) atoms. The summed E-state index contributed by atoms with van der Waals surface area (Å²) in [5.74, 6) is 0. The van der Waals surface area contributed by atoms with Crippen LogP contribution in [0.2, 0.25) is 0 Å². The second-order valence-corrected chi connectivity index (χ2v) is 1.47. The molecule has 0 spiro atoms. The quantitative estimate of drug-likeness (QED) is 0.185. The summed E-state index contributed by atoms with van der Waals surface area (Å²) in [5, 5.41) is 3.30. The van der Waals surface area contributed by atoms with Crippen LogP contribution in [0.3, 0.4) is 0 Å². The Bertz CT molecular complexity index is 158. The van der Waals surface area contributed by atoms with Gasteiger partial charge in [0.15, 0.2) is 0 Å². The van der Waals surface area contributed by atoms with Crippen LogP contribution in [-0.4, -0.2) is 12.3 Å². The number of carbonyl (C=O) groups is 1. The summed E-state index contributed by atoms with van der Waals surface area (Å²) in [5.41, 5.74) is 7.87. The van der Waals surface area contributed by atoms with Crippen LogP contribution in [0.1, 0.15) is 6.92 Å². The molecule has 0 aliphatic rings. The maximum atomic E-state index is 9.69. The molecule has 1 unspecified atom stereocenters. The number of aldehydes is 1. The lowest BCUT2D eigenvalue weighted by Crippen LogP contribution is -1.87. The molecule has 0 aliphatic heterocycles. The van der Waals surface area contributed by atoms with Gasteiger partial charge in [0.2, 0.25) is 0 Å². The summed E-state index contributed by atoms with van der Waals surface area (Å²) in [7, 11) is 0. The first-order chi connectivity index (χ1) is 4.31. The Morgan fingerprint density at radius 3 is 2.89 bits per heavy atom. The van der Waals surface area contributed by atoms with E-state index in [1.54, 1.807) is 6.92 Å². The van der Waals surface area contributed by atoms with E-state index in [2.05, 4.69) is 10.0 Å². The van der Waals surface area contributed by atoms with E-state index in [1.807, 2.05) is 0 Å². The van der Waals surface area contributed by atoms with Gasteiger partial charge in [-0.15, -0.1) is 0 Å². The normalized spacial score (nSPS) is 12.6. The van der Waals surface area contributed by atoms with Gasteiger partial charge >= 0.3 is 0 Å². The Balaban J connectivity index is 3.74. The fourth-order valence-electron chi connectivity index (χ4n) is 0.326. The molecule has 1 atom stereocenters. The highest BCUT2D eigenvalue weighted by Gasteiger charge is 1.86. The minimum atomic E-state index is -0.236. The van der Waals surface area contributed by atoms with Crippen LogP contribution < -0.4 is 0 Å². The Kier molecular flexibility index (Phi) is 4.18. The van der Waals surface area contributed by atoms with E-state index < -0.39 is 0 Å². The zero-order valence-electron chi connectivity index (χ0n) is 5.06. The van der Waals surface area contributed by atoms with Crippen LogP contribution in [-0.2, 0) is 4.79 Å². The first-order valence-corrected chi connectivity index (χ1v) is 2.47. The summed E-state index contributed by atoms with van der Waals surface area (Å²) >= 11 is 0. The van der Waals surface area contributed by atoms with Gasteiger partial charge in [0.05, 0.1) is 6.04 Å². The van der Waals surface area contributed by atoms with Gasteiger partial charge in [0.1, 0.15) is 6.29 Å². The fraction of sp³-hybridized carbons (Fsp3) is 0.400. The highest BCUT2D eigenvalue weighted by Crippen LogP contribution is 1.89. The predicted molar refractivity (Wildman–Crippen MR) is 33.8 cm³/mol. The molecule has 0 rings (SSSR count). The van der Waals surface area contributed by atoms with Gasteiger partial charge in [-0.3, -0.25) is 4.79 Å². The maximum Gasteiger partial charge on any atom is 0.142 e. The third kappa shape index (κ3) is 4.58. The summed E-state index contributed by atoms with van der Waals surface area (Å²) in [4.78, 5) is 12.2. The second-order valence-electron chi connectivity index (χ2n) is 1.47. The molecule has 0 bridgehead atoms. The Hall–Kier alpha value is -1.28. The maximum absolute atomic E-state index is 9.69. The molecule has 4 nitrogen and oxygen atoms in total. The number of rotatable bonds is 3. The van der Waals surface area contributed by atoms with Gasteiger partial charge in [-0.05, 0) is 11.6 Å². The molecule has 0 amide bonds. The molecule has 0 saturated carbocycles. The second kappa shape index (κ2) is 4.87. The van der Waals surface area contributed by atoms with Crippen molar-refractivity contribution in [2.45, 2.75) is 13.0 Å². The van der Waals surface area contributed by atoms with Crippen molar-refractivity contribution in [2.75, 3.05) is 0 Å². The van der Waals surface area contributed by atoms with Crippen molar-refractivity contribution in [3.63, 3.8) is 0 Å². The highest BCUT2D eigenvalue weighted by atomic mass is 16.1. The zero-order chi connectivity index (χ0) is 7.11. The lowest BCUT2D eigenvalue weighted by Gasteiger charge is -1.88. The van der Waals surface area contributed by atoms with Gasteiger partial charge in [-0.1, -0.05) is 18.1 Å². The fourth-order valence-corrected chi connectivity index (χ4v) is 0.326. The summed E-state index contributed by atoms with van der Waals surface area (Å²) in [6, 6.07) is -0.236. The Morgan fingerprint density at radius 2 is 2.44 bits per heavy atom. The zero-order valence-corrected chi connectivity index (χ0v) is 5.06. The lowest BCUT2D eigenvalue weighted by atomic mass is 10.3. The molecule has 4 heteroatoms. The molecule has 0 aromatic heterocycles. The smallest absolute Gasteiger partial charge is 0.142 e. The van der Waals surface area contributed by atoms with E-state index >= 15 is 0 Å². The van der Waals surface area contributed by atoms with Crippen molar-refractivity contribution in [1.29, 1.82) is 0 Å². The average molecular weight is 125 g/mol. The molecule has 48 valence electrons. The number of hydrogen-bond acceptors (Lipinski definition) is 2. The molecular formula is C5H7N3O. The van der Waals surface area contributed by atoms with Crippen LogP contribution in [0.5, 0.6) is 0 Å². The van der Waals surface area contributed by atoms with Crippen molar-refractivity contribution in [3.05, 3.63) is 22.6 Å². The molecule has 0 radical (unpaired) electrons. The molecule has 0 N–H and O–H groups in total. The topological polar surface area (TPSA) is 65.8 Å². The Labute approximate surface area is 52.8 Å². The highest BCUT2D eigenvalue weighted by molar-refractivity contribution is 5.64. The minimum Gasteiger partial charge on any atom is -0.299 e. The first kappa shape index (κ1) is 7.72. The van der Waals surface area contributed by atoms with Gasteiger partial charge in [-0.2, -0.15) is 0 Å². The first-order valence-electron chi connectivity index (χ1n) is 2.47. The minimum absolute atomic E-state index is 0.236. The van der Waals surface area contributed by atoms with Crippen molar-refractivity contribution in [1.82, 2.24) is 0 Å². The van der Waals surface area contributed by atoms with Gasteiger partial charge in [-0.25, -0.2) is 0 Å². The van der Waals surface area contributed by atoms with E-state index in [9.17, 15) is 4.79 Å². The molecule has 0 fully saturated rings. The van der Waals surface area contributed by atoms with E-state index in [1.165, 1.54) is 12.2 Å². The molecular weight excluding hydrogens is 118 g/mol. The number of azide groups is 1. The van der Waals surface area contributed by atoms with Gasteiger partial charge in [0.25, 0.3) is 0 Å². The van der Waals surface area contributed by atoms with Crippen LogP contribution in [0.4, 0.5) is 0 Å². The molecule has 0 saturated heterocycles. The van der Waals surface area contributed by atoms with Crippen molar-refractivity contribution < 1.29 is 4.79 Å². The third-order valence-electron chi connectivity index (χ3n) is 0.702. The summed E-state index contributed by atoms with van der Waals surface area (Å²) < 4.78 is 0. The number of carbonyl (C=O) groups excluding carboxylic acids is 1. The molecule has 0 aromatic carbocycles. The third-order valence-corrected chi connectivity index (χ3v) is 0.702. The number of hydrogen-bond donors (Lipinski definition) is 0. The Morgan fingerprint density at radius 1 is 1.78 bits per heavy atom.